The van der Waals surface area contributed by atoms with E-state index >= 15 is 0 Å². The number of carboxylic acids is 1. The predicted octanol–water partition coefficient (Wildman–Crippen LogP) is 5.14. The fourth-order valence-corrected chi connectivity index (χ4v) is 5.12. The monoisotopic (exact) mass is 497 g/mol. The minimum atomic E-state index is -1.13. The topological polar surface area (TPSA) is 94.9 Å². The number of amides is 1. The van der Waals surface area contributed by atoms with Crippen LogP contribution in [-0.2, 0) is 9.59 Å². The molecule has 2 N–H and O–H groups in total. The van der Waals surface area contributed by atoms with Gasteiger partial charge in [0, 0.05) is 26.0 Å². The molecule has 31 heavy (non-hydrogen) atoms. The second-order valence-electron chi connectivity index (χ2n) is 7.01. The van der Waals surface area contributed by atoms with E-state index in [1.807, 2.05) is 5.38 Å². The van der Waals surface area contributed by atoms with Crippen molar-refractivity contribution in [3.8, 4) is 0 Å². The van der Waals surface area contributed by atoms with Gasteiger partial charge in [0.05, 0.1) is 11.1 Å². The number of halogens is 1. The molecule has 3 aromatic rings. The van der Waals surface area contributed by atoms with Gasteiger partial charge in [-0.25, -0.2) is 4.79 Å². The van der Waals surface area contributed by atoms with Crippen LogP contribution in [-0.4, -0.2) is 27.9 Å². The molecular formula is C23H16BrNO5S. The Balaban J connectivity index is 1.95. The van der Waals surface area contributed by atoms with Crippen molar-refractivity contribution in [3.63, 3.8) is 0 Å². The van der Waals surface area contributed by atoms with E-state index in [2.05, 4.69) is 15.9 Å². The van der Waals surface area contributed by atoms with Gasteiger partial charge in [-0.05, 0) is 46.6 Å². The van der Waals surface area contributed by atoms with Crippen molar-refractivity contribution >= 4 is 56.4 Å². The number of aryl methyl sites for hydroxylation is 1. The highest BCUT2D eigenvalue weighted by Crippen LogP contribution is 2.44. The Morgan fingerprint density at radius 3 is 2.39 bits per heavy atom. The first-order valence-corrected chi connectivity index (χ1v) is 10.9. The minimum absolute atomic E-state index is 0.0357. The van der Waals surface area contributed by atoms with Gasteiger partial charge < -0.3 is 10.2 Å². The maximum absolute atomic E-state index is 13.1. The number of Topliss-reactive ketones (excluding diaryl/α,β-unsaturated/α-hetero) is 1. The van der Waals surface area contributed by atoms with Crippen LogP contribution in [0.25, 0.3) is 5.76 Å². The van der Waals surface area contributed by atoms with Gasteiger partial charge in [-0.15, -0.1) is 11.3 Å². The zero-order chi connectivity index (χ0) is 22.3. The molecule has 0 saturated carbocycles. The highest BCUT2D eigenvalue weighted by Gasteiger charge is 2.47. The summed E-state index contributed by atoms with van der Waals surface area (Å²) in [5, 5.41) is 22.3. The highest BCUT2D eigenvalue weighted by molar-refractivity contribution is 9.10. The Morgan fingerprint density at radius 2 is 1.77 bits per heavy atom. The van der Waals surface area contributed by atoms with E-state index in [1.165, 1.54) is 22.3 Å². The van der Waals surface area contributed by atoms with Crippen LogP contribution >= 0.6 is 27.3 Å². The molecule has 2 aromatic carbocycles. The average Bonchev–Trinajstić information content (AvgIpc) is 3.29. The number of rotatable bonds is 4. The van der Waals surface area contributed by atoms with Gasteiger partial charge in [-0.1, -0.05) is 36.4 Å². The van der Waals surface area contributed by atoms with Gasteiger partial charge in [0.25, 0.3) is 11.7 Å². The molecular weight excluding hydrogens is 482 g/mol. The number of anilines is 1. The van der Waals surface area contributed by atoms with E-state index in [9.17, 15) is 24.6 Å². The molecule has 0 bridgehead atoms. The van der Waals surface area contributed by atoms with E-state index in [4.69, 9.17) is 0 Å². The fourth-order valence-electron chi connectivity index (χ4n) is 3.58. The quantitative estimate of drug-likeness (QED) is 0.295. The Bertz CT molecular complexity index is 1250. The summed E-state index contributed by atoms with van der Waals surface area (Å²) in [5.74, 6) is -3.06. The molecule has 1 atom stereocenters. The normalized spacial score (nSPS) is 17.9. The zero-order valence-electron chi connectivity index (χ0n) is 16.2. The average molecular weight is 498 g/mol. The number of benzene rings is 2. The first-order chi connectivity index (χ1) is 14.8. The molecule has 0 aliphatic carbocycles. The van der Waals surface area contributed by atoms with Crippen LogP contribution in [0, 0.1) is 6.92 Å². The summed E-state index contributed by atoms with van der Waals surface area (Å²) in [6, 6.07) is 14.0. The molecule has 1 unspecified atom stereocenters. The summed E-state index contributed by atoms with van der Waals surface area (Å²) in [5.41, 5.74) is 1.21. The van der Waals surface area contributed by atoms with Gasteiger partial charge in [-0.2, -0.15) is 0 Å². The third-order valence-corrected chi connectivity index (χ3v) is 6.82. The summed E-state index contributed by atoms with van der Waals surface area (Å²) in [6.07, 6.45) is 0. The maximum atomic E-state index is 13.1. The molecule has 1 aliphatic rings. The number of aliphatic hydroxyl groups excluding tert-OH is 1. The zero-order valence-corrected chi connectivity index (χ0v) is 18.6. The summed E-state index contributed by atoms with van der Waals surface area (Å²) >= 11 is 4.72. The van der Waals surface area contributed by atoms with Crippen LogP contribution in [0.15, 0.2) is 70.0 Å². The number of ketones is 1. The largest absolute Gasteiger partial charge is 0.507 e. The molecule has 2 heterocycles. The van der Waals surface area contributed by atoms with Crippen LogP contribution < -0.4 is 4.90 Å². The third kappa shape index (κ3) is 3.68. The lowest BCUT2D eigenvalue weighted by molar-refractivity contribution is -0.132. The molecule has 1 amide bonds. The summed E-state index contributed by atoms with van der Waals surface area (Å²) < 4.78 is 0.771. The van der Waals surface area contributed by atoms with E-state index in [-0.39, 0.29) is 22.6 Å². The molecule has 1 aromatic heterocycles. The summed E-state index contributed by atoms with van der Waals surface area (Å²) in [7, 11) is 0. The lowest BCUT2D eigenvalue weighted by Gasteiger charge is -2.24. The molecule has 1 fully saturated rings. The Hall–Kier alpha value is -3.23. The number of hydrogen-bond acceptors (Lipinski definition) is 5. The van der Waals surface area contributed by atoms with Crippen molar-refractivity contribution in [2.45, 2.75) is 13.0 Å². The van der Waals surface area contributed by atoms with E-state index in [0.717, 1.165) is 4.47 Å². The molecule has 8 heteroatoms. The van der Waals surface area contributed by atoms with E-state index in [1.54, 1.807) is 55.5 Å². The van der Waals surface area contributed by atoms with Gasteiger partial charge in [0.2, 0.25) is 0 Å². The molecule has 6 nitrogen and oxygen atoms in total. The number of carboxylic acid groups (broad SMARTS) is 1. The first-order valence-electron chi connectivity index (χ1n) is 9.24. The van der Waals surface area contributed by atoms with Crippen molar-refractivity contribution in [3.05, 3.63) is 91.6 Å². The standard InChI is InChI=1S/C23H16BrNO5S/c1-12-7-8-15(10-16(12)23(29)30)25-19(17-9-14(24)11-31-17)18(21(27)22(25)28)20(26)13-5-3-2-4-6-13/h2-11,19,26H,1H3,(H,29,30). The number of carbonyl (C=O) groups is 3. The number of thiophene rings is 1. The van der Waals surface area contributed by atoms with Crippen LogP contribution in [0.5, 0.6) is 0 Å². The van der Waals surface area contributed by atoms with Crippen molar-refractivity contribution in [2.24, 2.45) is 0 Å². The Morgan fingerprint density at radius 1 is 1.06 bits per heavy atom. The number of hydrogen-bond donors (Lipinski definition) is 2. The second-order valence-corrected chi connectivity index (χ2v) is 8.87. The Labute approximate surface area is 190 Å². The van der Waals surface area contributed by atoms with Gasteiger partial charge in [0.1, 0.15) is 11.8 Å². The molecule has 156 valence electrons. The van der Waals surface area contributed by atoms with Crippen molar-refractivity contribution < 1.29 is 24.6 Å². The lowest BCUT2D eigenvalue weighted by atomic mass is 9.99. The van der Waals surface area contributed by atoms with Crippen molar-refractivity contribution in [2.75, 3.05) is 4.90 Å². The molecule has 1 aliphatic heterocycles. The van der Waals surface area contributed by atoms with Crippen LogP contribution in [0.3, 0.4) is 0 Å². The Kier molecular flexibility index (Phi) is 5.51. The molecule has 4 rings (SSSR count). The molecule has 1 saturated heterocycles. The number of aliphatic hydroxyl groups is 1. The molecule has 0 radical (unpaired) electrons. The minimum Gasteiger partial charge on any atom is -0.507 e. The smallest absolute Gasteiger partial charge is 0.336 e. The lowest BCUT2D eigenvalue weighted by Crippen LogP contribution is -2.29. The van der Waals surface area contributed by atoms with E-state index < -0.39 is 23.7 Å². The van der Waals surface area contributed by atoms with Crippen molar-refractivity contribution in [1.29, 1.82) is 0 Å². The second kappa shape index (κ2) is 8.13. The van der Waals surface area contributed by atoms with E-state index in [0.29, 0.717) is 16.0 Å². The third-order valence-electron chi connectivity index (χ3n) is 5.08. The summed E-state index contributed by atoms with van der Waals surface area (Å²) in [4.78, 5) is 39.7. The van der Waals surface area contributed by atoms with Gasteiger partial charge in [0.15, 0.2) is 0 Å². The SMILES string of the molecule is Cc1ccc(N2C(=O)C(=O)C(=C(O)c3ccccc3)C2c2cc(Br)cs2)cc1C(=O)O. The number of nitrogens with zero attached hydrogens (tertiary/aromatic N) is 1. The molecule has 0 spiro atoms. The van der Waals surface area contributed by atoms with Crippen molar-refractivity contribution in [1.82, 2.24) is 0 Å². The highest BCUT2D eigenvalue weighted by atomic mass is 79.9. The van der Waals surface area contributed by atoms with Crippen LogP contribution in [0.2, 0.25) is 0 Å². The van der Waals surface area contributed by atoms with Gasteiger partial charge in [-0.3, -0.25) is 14.5 Å². The van der Waals surface area contributed by atoms with Gasteiger partial charge >= 0.3 is 5.97 Å². The van der Waals surface area contributed by atoms with Crippen LogP contribution in [0.1, 0.15) is 32.4 Å². The summed E-state index contributed by atoms with van der Waals surface area (Å²) in [6.45, 7) is 1.66. The van der Waals surface area contributed by atoms with Crippen LogP contribution in [0.4, 0.5) is 5.69 Å². The number of aromatic carboxylic acids is 1. The first kappa shape index (κ1) is 21.0. The maximum Gasteiger partial charge on any atom is 0.336 e. The predicted molar refractivity (Wildman–Crippen MR) is 121 cm³/mol. The number of carbonyl (C=O) groups excluding carboxylic acids is 2. The fraction of sp³-hybridized carbons (Fsp3) is 0.0870.